The SMILES string of the molecule is COc1cccc(S(=O)(=O)N2CCC(N3C(=O)CNC3=O)C2)c1. The molecular formula is C14H17N3O5S. The molecule has 1 N–H and O–H groups in total. The molecule has 1 atom stereocenters. The molecule has 1 aromatic carbocycles. The zero-order chi connectivity index (χ0) is 16.6. The standard InChI is InChI=1S/C14H17N3O5S/c1-22-11-3-2-4-12(7-11)23(20,21)16-6-5-10(9-16)17-13(18)8-15-14(17)19/h2-4,7,10H,5-6,8-9H2,1H3,(H,15,19). The number of rotatable bonds is 4. The highest BCUT2D eigenvalue weighted by atomic mass is 32.2. The van der Waals surface area contributed by atoms with Crippen molar-refractivity contribution in [1.29, 1.82) is 0 Å². The number of amides is 3. The summed E-state index contributed by atoms with van der Waals surface area (Å²) in [6.07, 6.45) is 0.433. The van der Waals surface area contributed by atoms with Gasteiger partial charge in [0, 0.05) is 19.2 Å². The first-order chi connectivity index (χ1) is 10.9. The number of methoxy groups -OCH3 is 1. The maximum absolute atomic E-state index is 12.7. The molecule has 2 aliphatic rings. The molecule has 0 aliphatic carbocycles. The van der Waals surface area contributed by atoms with E-state index >= 15 is 0 Å². The van der Waals surface area contributed by atoms with Gasteiger partial charge in [-0.25, -0.2) is 13.2 Å². The molecule has 2 aliphatic heterocycles. The van der Waals surface area contributed by atoms with Crippen molar-refractivity contribution in [2.45, 2.75) is 17.4 Å². The average molecular weight is 339 g/mol. The van der Waals surface area contributed by atoms with Crippen molar-refractivity contribution in [3.8, 4) is 5.75 Å². The molecule has 2 fully saturated rings. The number of ether oxygens (including phenoxy) is 1. The number of imide groups is 1. The number of urea groups is 1. The van der Waals surface area contributed by atoms with Gasteiger partial charge in [-0.3, -0.25) is 9.69 Å². The monoisotopic (exact) mass is 339 g/mol. The van der Waals surface area contributed by atoms with Crippen LogP contribution in [0.4, 0.5) is 4.79 Å². The fraction of sp³-hybridized carbons (Fsp3) is 0.429. The second-order valence-electron chi connectivity index (χ2n) is 5.41. The van der Waals surface area contributed by atoms with E-state index in [0.717, 1.165) is 4.90 Å². The number of benzene rings is 1. The van der Waals surface area contributed by atoms with Crippen LogP contribution in [0, 0.1) is 0 Å². The molecule has 3 rings (SSSR count). The lowest BCUT2D eigenvalue weighted by molar-refractivity contribution is -0.126. The highest BCUT2D eigenvalue weighted by Crippen LogP contribution is 2.26. The van der Waals surface area contributed by atoms with Crippen LogP contribution in [-0.4, -0.2) is 62.3 Å². The van der Waals surface area contributed by atoms with Crippen LogP contribution in [0.3, 0.4) is 0 Å². The highest BCUT2D eigenvalue weighted by Gasteiger charge is 2.41. The third-order valence-corrected chi connectivity index (χ3v) is 5.91. The number of hydrogen-bond acceptors (Lipinski definition) is 5. The normalized spacial score (nSPS) is 22.5. The Morgan fingerprint density at radius 2 is 2.09 bits per heavy atom. The lowest BCUT2D eigenvalue weighted by Gasteiger charge is -2.21. The van der Waals surface area contributed by atoms with E-state index in [4.69, 9.17) is 4.74 Å². The molecule has 2 heterocycles. The van der Waals surface area contributed by atoms with Gasteiger partial charge in [0.2, 0.25) is 15.9 Å². The maximum atomic E-state index is 12.7. The van der Waals surface area contributed by atoms with Gasteiger partial charge in [0.25, 0.3) is 0 Å². The van der Waals surface area contributed by atoms with Crippen molar-refractivity contribution in [2.24, 2.45) is 0 Å². The zero-order valence-electron chi connectivity index (χ0n) is 12.6. The van der Waals surface area contributed by atoms with E-state index in [1.165, 1.54) is 23.5 Å². The fourth-order valence-electron chi connectivity index (χ4n) is 2.85. The van der Waals surface area contributed by atoms with E-state index in [0.29, 0.717) is 12.2 Å². The molecule has 1 aromatic rings. The summed E-state index contributed by atoms with van der Waals surface area (Å²) < 4.78 is 31.7. The van der Waals surface area contributed by atoms with E-state index in [-0.39, 0.29) is 30.4 Å². The maximum Gasteiger partial charge on any atom is 0.324 e. The first kappa shape index (κ1) is 15.8. The summed E-state index contributed by atoms with van der Waals surface area (Å²) in [4.78, 5) is 24.7. The minimum atomic E-state index is -3.69. The Hall–Kier alpha value is -2.13. The van der Waals surface area contributed by atoms with Gasteiger partial charge < -0.3 is 10.1 Å². The van der Waals surface area contributed by atoms with Crippen molar-refractivity contribution in [1.82, 2.24) is 14.5 Å². The van der Waals surface area contributed by atoms with Crippen molar-refractivity contribution < 1.29 is 22.7 Å². The van der Waals surface area contributed by atoms with Crippen LogP contribution in [-0.2, 0) is 14.8 Å². The quantitative estimate of drug-likeness (QED) is 0.780. The van der Waals surface area contributed by atoms with E-state index in [1.807, 2.05) is 0 Å². The van der Waals surface area contributed by atoms with Gasteiger partial charge in [-0.15, -0.1) is 0 Å². The Kier molecular flexibility index (Phi) is 3.99. The minimum absolute atomic E-state index is 0.0298. The molecule has 3 amide bonds. The summed E-state index contributed by atoms with van der Waals surface area (Å²) in [6, 6.07) is 5.34. The Morgan fingerprint density at radius 1 is 1.30 bits per heavy atom. The van der Waals surface area contributed by atoms with E-state index in [2.05, 4.69) is 5.32 Å². The summed E-state index contributed by atoms with van der Waals surface area (Å²) in [5.41, 5.74) is 0. The van der Waals surface area contributed by atoms with Crippen molar-refractivity contribution >= 4 is 22.0 Å². The Labute approximate surface area is 134 Å². The molecular weight excluding hydrogens is 322 g/mol. The molecule has 0 aromatic heterocycles. The number of sulfonamides is 1. The van der Waals surface area contributed by atoms with Gasteiger partial charge in [0.05, 0.1) is 24.6 Å². The third kappa shape index (κ3) is 2.77. The smallest absolute Gasteiger partial charge is 0.324 e. The Balaban J connectivity index is 1.80. The van der Waals surface area contributed by atoms with Gasteiger partial charge >= 0.3 is 6.03 Å². The fourth-order valence-corrected chi connectivity index (χ4v) is 4.38. The largest absolute Gasteiger partial charge is 0.497 e. The van der Waals surface area contributed by atoms with E-state index in [9.17, 15) is 18.0 Å². The van der Waals surface area contributed by atoms with Crippen LogP contribution in [0.25, 0.3) is 0 Å². The number of carbonyl (C=O) groups excluding carboxylic acids is 2. The summed E-state index contributed by atoms with van der Waals surface area (Å²) >= 11 is 0. The molecule has 9 heteroatoms. The third-order valence-electron chi connectivity index (χ3n) is 4.05. The van der Waals surface area contributed by atoms with Crippen molar-refractivity contribution in [2.75, 3.05) is 26.7 Å². The van der Waals surface area contributed by atoms with Gasteiger partial charge in [-0.1, -0.05) is 6.07 Å². The lowest BCUT2D eigenvalue weighted by Crippen LogP contribution is -2.42. The summed E-state index contributed by atoms with van der Waals surface area (Å²) in [7, 11) is -2.22. The molecule has 1 unspecified atom stereocenters. The predicted molar refractivity (Wildman–Crippen MR) is 80.4 cm³/mol. The molecule has 124 valence electrons. The van der Waals surface area contributed by atoms with Crippen molar-refractivity contribution in [3.05, 3.63) is 24.3 Å². The van der Waals surface area contributed by atoms with E-state index in [1.54, 1.807) is 12.1 Å². The van der Waals surface area contributed by atoms with Crippen LogP contribution in [0.15, 0.2) is 29.2 Å². The zero-order valence-corrected chi connectivity index (χ0v) is 13.4. The lowest BCUT2D eigenvalue weighted by atomic mass is 10.2. The van der Waals surface area contributed by atoms with Gasteiger partial charge in [0.15, 0.2) is 0 Å². The molecule has 0 saturated carbocycles. The second-order valence-corrected chi connectivity index (χ2v) is 7.34. The average Bonchev–Trinajstić information content (AvgIpc) is 3.14. The topological polar surface area (TPSA) is 96.0 Å². The van der Waals surface area contributed by atoms with E-state index < -0.39 is 22.1 Å². The van der Waals surface area contributed by atoms with Gasteiger partial charge in [-0.05, 0) is 18.6 Å². The van der Waals surface area contributed by atoms with Crippen LogP contribution >= 0.6 is 0 Å². The molecule has 8 nitrogen and oxygen atoms in total. The first-order valence-electron chi connectivity index (χ1n) is 7.17. The first-order valence-corrected chi connectivity index (χ1v) is 8.61. The van der Waals surface area contributed by atoms with Crippen LogP contribution in [0.5, 0.6) is 5.75 Å². The molecule has 23 heavy (non-hydrogen) atoms. The summed E-state index contributed by atoms with van der Waals surface area (Å²) in [6.45, 7) is 0.345. The second kappa shape index (κ2) is 5.82. The summed E-state index contributed by atoms with van der Waals surface area (Å²) in [5.74, 6) is 0.136. The predicted octanol–water partition coefficient (Wildman–Crippen LogP) is 0.0100. The summed E-state index contributed by atoms with van der Waals surface area (Å²) in [5, 5.41) is 2.45. The van der Waals surface area contributed by atoms with Crippen LogP contribution in [0.2, 0.25) is 0 Å². The van der Waals surface area contributed by atoms with Crippen LogP contribution in [0.1, 0.15) is 6.42 Å². The Bertz CT molecular complexity index is 733. The minimum Gasteiger partial charge on any atom is -0.497 e. The van der Waals surface area contributed by atoms with Crippen LogP contribution < -0.4 is 10.1 Å². The highest BCUT2D eigenvalue weighted by molar-refractivity contribution is 7.89. The number of nitrogens with zero attached hydrogens (tertiary/aromatic N) is 2. The number of nitrogens with one attached hydrogen (secondary N) is 1. The Morgan fingerprint density at radius 3 is 2.74 bits per heavy atom. The number of carbonyl (C=O) groups is 2. The van der Waals surface area contributed by atoms with Crippen molar-refractivity contribution in [3.63, 3.8) is 0 Å². The van der Waals surface area contributed by atoms with Gasteiger partial charge in [-0.2, -0.15) is 4.31 Å². The molecule has 0 bridgehead atoms. The number of hydrogen-bond donors (Lipinski definition) is 1. The molecule has 0 radical (unpaired) electrons. The van der Waals surface area contributed by atoms with Gasteiger partial charge in [0.1, 0.15) is 5.75 Å². The molecule has 0 spiro atoms. The molecule has 2 saturated heterocycles.